The van der Waals surface area contributed by atoms with E-state index in [1.165, 1.54) is 0 Å². The number of alkyl halides is 6. The van der Waals surface area contributed by atoms with Crippen molar-refractivity contribution in [1.29, 1.82) is 0 Å². The zero-order chi connectivity index (χ0) is 30.7. The molecule has 2 aliphatic rings. The Morgan fingerprint density at radius 1 is 0.875 bits per heavy atom. The van der Waals surface area contributed by atoms with Gasteiger partial charge in [0.25, 0.3) is 0 Å². The molecule has 2 heterocycles. The zero-order valence-corrected chi connectivity index (χ0v) is 28.2. The van der Waals surface area contributed by atoms with E-state index in [0.717, 1.165) is 14.2 Å². The number of likely N-dealkylation sites (N-methyl/N-ethyl adjacent to an activating group) is 1. The SMILES string of the molecule is COC(=O)C(C[N+](C)(C)C)(O[C@H]1[C@@H]2OC(C)(C)O[C@@H]2O[C@@H]1COP(OCC(Cl)(Cl)Cl)OCC(Cl)(Cl)Cl)C(=O)OC. The second-order valence-electron chi connectivity index (χ2n) is 10.3. The molecule has 2 saturated heterocycles. The van der Waals surface area contributed by atoms with E-state index in [1.54, 1.807) is 35.0 Å². The summed E-state index contributed by atoms with van der Waals surface area (Å²) in [5, 5.41) is 0. The number of methoxy groups -OCH3 is 2. The fourth-order valence-electron chi connectivity index (χ4n) is 3.90. The lowest BCUT2D eigenvalue weighted by Gasteiger charge is -2.38. The first-order chi connectivity index (χ1) is 18.1. The first kappa shape index (κ1) is 37.0. The molecule has 2 fully saturated rings. The molecule has 0 radical (unpaired) electrons. The third-order valence-electron chi connectivity index (χ3n) is 5.16. The highest BCUT2D eigenvalue weighted by Crippen LogP contribution is 2.47. The number of quaternary nitrogens is 1. The average molecular weight is 719 g/mol. The van der Waals surface area contributed by atoms with Crippen LogP contribution >= 0.6 is 78.2 Å². The van der Waals surface area contributed by atoms with Crippen molar-refractivity contribution >= 4 is 90.1 Å². The standard InChI is InChI=1S/C21H33Cl6NO11P/c1-18(2)37-14-13(38-19(16(29)31-6,17(30)32-7)9-28(3,4)5)12(36-15(14)39-18)8-33-40(34-10-20(22,23)24)35-11-21(25,26)27/h12-15H,8-11H2,1-7H3/q+1/t12-,13-,14+,15+/m1/s1. The van der Waals surface area contributed by atoms with Crippen molar-refractivity contribution in [3.05, 3.63) is 0 Å². The van der Waals surface area contributed by atoms with Crippen LogP contribution in [-0.2, 0) is 51.6 Å². The monoisotopic (exact) mass is 716 g/mol. The molecule has 0 bridgehead atoms. The molecule has 0 amide bonds. The molecular weight excluding hydrogens is 686 g/mol. The molecule has 0 aromatic rings. The van der Waals surface area contributed by atoms with Crippen molar-refractivity contribution in [2.75, 3.05) is 61.7 Å². The summed E-state index contributed by atoms with van der Waals surface area (Å²) in [6, 6.07) is 0. The lowest BCUT2D eigenvalue weighted by Crippen LogP contribution is -2.63. The molecule has 2 rings (SSSR count). The maximum Gasteiger partial charge on any atom is 0.356 e. The van der Waals surface area contributed by atoms with Crippen LogP contribution in [0.25, 0.3) is 0 Å². The summed E-state index contributed by atoms with van der Waals surface area (Å²) in [5.74, 6) is -3.02. The molecule has 234 valence electrons. The summed E-state index contributed by atoms with van der Waals surface area (Å²) in [7, 11) is 5.28. The number of nitrogens with zero attached hydrogens (tertiary/aromatic N) is 1. The van der Waals surface area contributed by atoms with E-state index in [0.29, 0.717) is 0 Å². The van der Waals surface area contributed by atoms with Crippen LogP contribution in [0.5, 0.6) is 0 Å². The Labute approximate surface area is 264 Å². The molecule has 0 N–H and O–H groups in total. The quantitative estimate of drug-likeness (QED) is 0.0903. The van der Waals surface area contributed by atoms with E-state index in [4.69, 9.17) is 112 Å². The van der Waals surface area contributed by atoms with Crippen LogP contribution in [0.4, 0.5) is 0 Å². The molecule has 40 heavy (non-hydrogen) atoms. The molecule has 4 atom stereocenters. The predicted molar refractivity (Wildman–Crippen MR) is 149 cm³/mol. The van der Waals surface area contributed by atoms with Gasteiger partial charge >= 0.3 is 26.1 Å². The topological polar surface area (TPSA) is 117 Å². The number of rotatable bonds is 13. The molecule has 0 spiro atoms. The van der Waals surface area contributed by atoms with Gasteiger partial charge in [0.1, 0.15) is 38.1 Å². The number of esters is 2. The van der Waals surface area contributed by atoms with Crippen molar-refractivity contribution in [3.63, 3.8) is 0 Å². The molecule has 2 aliphatic heterocycles. The van der Waals surface area contributed by atoms with E-state index in [1.807, 2.05) is 0 Å². The van der Waals surface area contributed by atoms with Gasteiger partial charge in [0.15, 0.2) is 12.1 Å². The predicted octanol–water partition coefficient (Wildman–Crippen LogP) is 4.06. The first-order valence-electron chi connectivity index (χ1n) is 11.6. The van der Waals surface area contributed by atoms with Gasteiger partial charge < -0.3 is 46.5 Å². The third kappa shape index (κ3) is 11.1. The minimum absolute atomic E-state index is 0.122. The van der Waals surface area contributed by atoms with Crippen molar-refractivity contribution < 1.29 is 56.1 Å². The molecule has 0 unspecified atom stereocenters. The van der Waals surface area contributed by atoms with E-state index < -0.39 is 77.3 Å². The molecular formula is C21H33Cl6NO11P+. The van der Waals surface area contributed by atoms with Gasteiger partial charge in [0.2, 0.25) is 7.59 Å². The van der Waals surface area contributed by atoms with Gasteiger partial charge in [-0.1, -0.05) is 69.6 Å². The van der Waals surface area contributed by atoms with E-state index in [2.05, 4.69) is 0 Å². The normalized spacial score (nSPS) is 25.2. The molecule has 0 saturated carbocycles. The summed E-state index contributed by atoms with van der Waals surface area (Å²) < 4.78 is 47.3. The fourth-order valence-corrected chi connectivity index (χ4v) is 5.77. The number of ether oxygens (including phenoxy) is 6. The smallest absolute Gasteiger partial charge is 0.356 e. The minimum atomic E-state index is -2.25. The number of halogens is 6. The van der Waals surface area contributed by atoms with Crippen LogP contribution in [0.1, 0.15) is 13.8 Å². The van der Waals surface area contributed by atoms with Crippen molar-refractivity contribution in [3.8, 4) is 0 Å². The second kappa shape index (κ2) is 14.3. The second-order valence-corrected chi connectivity index (χ2v) is 16.5. The Kier molecular flexibility index (Phi) is 13.2. The summed E-state index contributed by atoms with van der Waals surface area (Å²) in [6.45, 7) is 2.05. The number of hydrogen-bond acceptors (Lipinski definition) is 11. The fraction of sp³-hybridized carbons (Fsp3) is 0.905. The van der Waals surface area contributed by atoms with Crippen LogP contribution in [0, 0.1) is 0 Å². The Balaban J connectivity index is 2.38. The van der Waals surface area contributed by atoms with Crippen molar-refractivity contribution in [2.24, 2.45) is 0 Å². The van der Waals surface area contributed by atoms with Crippen LogP contribution < -0.4 is 0 Å². The summed E-state index contributed by atoms with van der Waals surface area (Å²) in [4.78, 5) is 26.3. The van der Waals surface area contributed by atoms with Gasteiger partial charge in [0, 0.05) is 0 Å². The third-order valence-corrected chi connectivity index (χ3v) is 6.86. The highest BCUT2D eigenvalue weighted by atomic mass is 35.6. The van der Waals surface area contributed by atoms with E-state index in [-0.39, 0.29) is 17.6 Å². The largest absolute Gasteiger partial charge is 0.466 e. The Morgan fingerprint density at radius 3 is 1.80 bits per heavy atom. The number of hydrogen-bond donors (Lipinski definition) is 0. The molecule has 0 aliphatic carbocycles. The molecule has 0 aromatic heterocycles. The summed E-state index contributed by atoms with van der Waals surface area (Å²) in [6.07, 6.45) is -3.94. The van der Waals surface area contributed by atoms with Crippen molar-refractivity contribution in [2.45, 2.75) is 57.4 Å². The van der Waals surface area contributed by atoms with Gasteiger partial charge in [-0.15, -0.1) is 0 Å². The lowest BCUT2D eigenvalue weighted by atomic mass is 10.0. The minimum Gasteiger partial charge on any atom is -0.466 e. The lowest BCUT2D eigenvalue weighted by molar-refractivity contribution is -0.874. The number of fused-ring (bicyclic) bond motifs is 1. The van der Waals surface area contributed by atoms with Crippen molar-refractivity contribution in [1.82, 2.24) is 0 Å². The summed E-state index contributed by atoms with van der Waals surface area (Å²) in [5.41, 5.74) is -2.21. The average Bonchev–Trinajstić information content (AvgIpc) is 3.26. The van der Waals surface area contributed by atoms with Crippen LogP contribution in [0.3, 0.4) is 0 Å². The highest BCUT2D eigenvalue weighted by Gasteiger charge is 2.63. The Bertz CT molecular complexity index is 849. The molecule has 0 aromatic carbocycles. The summed E-state index contributed by atoms with van der Waals surface area (Å²) >= 11 is 34.7. The highest BCUT2D eigenvalue weighted by molar-refractivity contribution is 7.41. The molecule has 19 heteroatoms. The maximum atomic E-state index is 13.1. The van der Waals surface area contributed by atoms with Gasteiger partial charge in [-0.3, -0.25) is 0 Å². The zero-order valence-electron chi connectivity index (χ0n) is 22.8. The van der Waals surface area contributed by atoms with Gasteiger partial charge in [-0.05, 0) is 13.8 Å². The molecule has 12 nitrogen and oxygen atoms in total. The number of carbonyl (C=O) groups excluding carboxylic acids is 2. The van der Waals surface area contributed by atoms with E-state index >= 15 is 0 Å². The maximum absolute atomic E-state index is 13.1. The van der Waals surface area contributed by atoms with Gasteiger partial charge in [-0.2, -0.15) is 0 Å². The van der Waals surface area contributed by atoms with Gasteiger partial charge in [-0.25, -0.2) is 9.59 Å². The van der Waals surface area contributed by atoms with Crippen LogP contribution in [0.2, 0.25) is 0 Å². The Morgan fingerprint density at radius 2 is 1.38 bits per heavy atom. The van der Waals surface area contributed by atoms with Crippen LogP contribution in [0.15, 0.2) is 0 Å². The first-order valence-corrected chi connectivity index (χ1v) is 15.0. The number of carbonyl (C=O) groups is 2. The van der Waals surface area contributed by atoms with E-state index in [9.17, 15) is 9.59 Å². The Hall–Kier alpha value is 0.790. The van der Waals surface area contributed by atoms with Crippen LogP contribution in [-0.4, -0.2) is 122 Å². The van der Waals surface area contributed by atoms with Gasteiger partial charge in [0.05, 0.1) is 42.0 Å².